The van der Waals surface area contributed by atoms with Crippen LogP contribution in [0.4, 0.5) is 10.2 Å². The van der Waals surface area contributed by atoms with Gasteiger partial charge >= 0.3 is 5.97 Å². The molecule has 4 aromatic heterocycles. The van der Waals surface area contributed by atoms with Gasteiger partial charge in [-0.05, 0) is 61.1 Å². The fraction of sp³-hybridized carbons (Fsp3) is 0.400. The van der Waals surface area contributed by atoms with Crippen molar-refractivity contribution in [3.63, 3.8) is 0 Å². The van der Waals surface area contributed by atoms with Gasteiger partial charge in [0.1, 0.15) is 22.7 Å². The molecule has 1 amide bonds. The maximum atomic E-state index is 14.0. The predicted octanol–water partition coefficient (Wildman–Crippen LogP) is 3.07. The van der Waals surface area contributed by atoms with E-state index in [1.165, 1.54) is 10.6 Å². The van der Waals surface area contributed by atoms with Crippen molar-refractivity contribution in [1.82, 2.24) is 29.9 Å². The number of amides is 1. The number of anilines is 1. The van der Waals surface area contributed by atoms with Crippen molar-refractivity contribution in [2.45, 2.75) is 31.7 Å². The maximum absolute atomic E-state index is 14.0. The number of carboxylic acid groups (broad SMARTS) is 1. The zero-order chi connectivity index (χ0) is 24.8. The second-order valence-corrected chi connectivity index (χ2v) is 10.4. The van der Waals surface area contributed by atoms with Crippen LogP contribution in [0, 0.1) is 29.0 Å². The summed E-state index contributed by atoms with van der Waals surface area (Å²) in [6, 6.07) is 4.50. The number of aromatic amines is 1. The third-order valence-corrected chi connectivity index (χ3v) is 8.68. The third-order valence-electron chi connectivity index (χ3n) is 8.68. The van der Waals surface area contributed by atoms with Gasteiger partial charge in [0.15, 0.2) is 11.6 Å². The summed E-state index contributed by atoms with van der Waals surface area (Å²) in [5, 5.41) is 21.4. The number of rotatable bonds is 5. The molecule has 4 N–H and O–H groups in total. The first kappa shape index (κ1) is 21.3. The Morgan fingerprint density at radius 2 is 2.14 bits per heavy atom. The van der Waals surface area contributed by atoms with E-state index < -0.39 is 17.7 Å². The molecule has 10 nitrogen and oxygen atoms in total. The Balaban J connectivity index is 1.40. The minimum Gasteiger partial charge on any atom is -0.481 e. The number of H-pyrrole nitrogens is 1. The van der Waals surface area contributed by atoms with E-state index in [0.717, 1.165) is 31.9 Å². The van der Waals surface area contributed by atoms with Gasteiger partial charge in [-0.3, -0.25) is 9.59 Å². The smallest absolute Gasteiger partial charge is 0.308 e. The Labute approximate surface area is 204 Å². The Morgan fingerprint density at radius 3 is 2.86 bits per heavy atom. The van der Waals surface area contributed by atoms with Crippen LogP contribution in [0.2, 0.25) is 0 Å². The molecule has 1 spiro atoms. The molecule has 4 heterocycles. The summed E-state index contributed by atoms with van der Waals surface area (Å²) in [6.45, 7) is 0. The summed E-state index contributed by atoms with van der Waals surface area (Å²) in [5.74, 6) is -0.726. The van der Waals surface area contributed by atoms with E-state index >= 15 is 0 Å². The fourth-order valence-corrected chi connectivity index (χ4v) is 7.09. The summed E-state index contributed by atoms with van der Waals surface area (Å²) < 4.78 is 15.5. The molecular weight excluding hydrogens is 465 g/mol. The SMILES string of the molecule is CNC(=O)c1ccc2c(N[C@@H]3[C@@H](C(=O)O)[C@H]4CCC35CC4C5)nc(-c3c[nH]c4ncc(F)cc34)nn12. The van der Waals surface area contributed by atoms with Gasteiger partial charge in [-0.15, -0.1) is 5.10 Å². The first-order valence-electron chi connectivity index (χ1n) is 12.1. The topological polar surface area (TPSA) is 137 Å². The van der Waals surface area contributed by atoms with Crippen molar-refractivity contribution in [2.24, 2.45) is 23.2 Å². The lowest BCUT2D eigenvalue weighted by Crippen LogP contribution is -2.68. The average Bonchev–Trinajstić information content (AvgIpc) is 3.47. The summed E-state index contributed by atoms with van der Waals surface area (Å²) >= 11 is 0. The number of carbonyl (C=O) groups is 2. The minimum absolute atomic E-state index is 0.0609. The van der Waals surface area contributed by atoms with Crippen LogP contribution in [0.1, 0.15) is 36.2 Å². The van der Waals surface area contributed by atoms with Crippen LogP contribution in [0.5, 0.6) is 0 Å². The van der Waals surface area contributed by atoms with Crippen LogP contribution in [0.15, 0.2) is 30.6 Å². The molecule has 0 saturated heterocycles. The highest BCUT2D eigenvalue weighted by Gasteiger charge is 2.66. The second-order valence-electron chi connectivity index (χ2n) is 10.4. The van der Waals surface area contributed by atoms with E-state index in [0.29, 0.717) is 39.5 Å². The number of nitrogens with zero attached hydrogens (tertiary/aromatic N) is 4. The number of halogens is 1. The molecular formula is C25H24FN7O3. The normalized spacial score (nSPS) is 28.3. The van der Waals surface area contributed by atoms with Crippen LogP contribution in [0.3, 0.4) is 0 Å². The average molecular weight is 490 g/mol. The van der Waals surface area contributed by atoms with Crippen LogP contribution in [-0.4, -0.2) is 54.6 Å². The van der Waals surface area contributed by atoms with Gasteiger partial charge < -0.3 is 20.7 Å². The van der Waals surface area contributed by atoms with E-state index in [1.54, 1.807) is 25.4 Å². The number of carboxylic acids is 1. The van der Waals surface area contributed by atoms with E-state index in [2.05, 4.69) is 25.7 Å². The predicted molar refractivity (Wildman–Crippen MR) is 128 cm³/mol. The van der Waals surface area contributed by atoms with Gasteiger partial charge in [-0.1, -0.05) is 0 Å². The molecule has 36 heavy (non-hydrogen) atoms. The zero-order valence-electron chi connectivity index (χ0n) is 19.5. The molecule has 3 bridgehead atoms. The Morgan fingerprint density at radius 1 is 1.31 bits per heavy atom. The zero-order valence-corrected chi connectivity index (χ0v) is 19.5. The molecule has 4 aromatic rings. The summed E-state index contributed by atoms with van der Waals surface area (Å²) in [7, 11) is 1.54. The van der Waals surface area contributed by atoms with E-state index in [9.17, 15) is 19.1 Å². The second kappa shape index (κ2) is 7.25. The van der Waals surface area contributed by atoms with Crippen LogP contribution >= 0.6 is 0 Å². The lowest BCUT2D eigenvalue weighted by atomic mass is 9.38. The van der Waals surface area contributed by atoms with Crippen molar-refractivity contribution >= 4 is 34.2 Å². The van der Waals surface area contributed by atoms with Crippen LogP contribution in [-0.2, 0) is 4.79 Å². The number of aliphatic carboxylic acids is 1. The summed E-state index contributed by atoms with van der Waals surface area (Å²) in [5.41, 5.74) is 1.83. The first-order valence-corrected chi connectivity index (χ1v) is 12.1. The number of nitrogens with one attached hydrogen (secondary N) is 3. The van der Waals surface area contributed by atoms with E-state index in [-0.39, 0.29) is 29.1 Å². The highest BCUT2D eigenvalue weighted by atomic mass is 19.1. The molecule has 6 saturated carbocycles. The fourth-order valence-electron chi connectivity index (χ4n) is 7.09. The molecule has 6 fully saturated rings. The van der Waals surface area contributed by atoms with Gasteiger partial charge in [-0.25, -0.2) is 18.9 Å². The minimum atomic E-state index is -0.782. The third kappa shape index (κ3) is 2.79. The molecule has 6 aliphatic rings. The molecule has 0 radical (unpaired) electrons. The number of fused-ring (bicyclic) bond motifs is 2. The van der Waals surface area contributed by atoms with Crippen LogP contribution in [0.25, 0.3) is 27.9 Å². The standard InChI is InChI=1S/C25H24FN7O3/c1-27-23(34)17-3-2-16-22(30-19-18(24(35)36)13-4-5-25(19)7-11(13)8-25)31-21(32-33(16)17)15-10-29-20-14(15)6-12(26)9-28-20/h2-3,6,9-11,13,18-19H,4-5,7-8H2,1H3,(H,27,34)(H,28,29)(H,35,36)(H,30,31,32)/t11?,13-,18-,19+,25?/m0/s1. The lowest BCUT2D eigenvalue weighted by Gasteiger charge is -2.67. The largest absolute Gasteiger partial charge is 0.481 e. The van der Waals surface area contributed by atoms with Gasteiger partial charge in [0.05, 0.1) is 12.1 Å². The number of hydrogen-bond acceptors (Lipinski definition) is 6. The van der Waals surface area contributed by atoms with E-state index in [4.69, 9.17) is 4.98 Å². The molecule has 10 rings (SSSR count). The number of hydrogen-bond donors (Lipinski definition) is 4. The van der Waals surface area contributed by atoms with E-state index in [1.807, 2.05) is 0 Å². The molecule has 3 atom stereocenters. The van der Waals surface area contributed by atoms with Crippen molar-refractivity contribution in [1.29, 1.82) is 0 Å². The molecule has 0 unspecified atom stereocenters. The van der Waals surface area contributed by atoms with Gasteiger partial charge in [0.25, 0.3) is 5.91 Å². The maximum Gasteiger partial charge on any atom is 0.308 e. The molecule has 11 heteroatoms. The Hall–Kier alpha value is -4.02. The Bertz CT molecular complexity index is 1570. The molecule has 6 aliphatic carbocycles. The number of pyridine rings is 1. The Kier molecular flexibility index (Phi) is 4.28. The van der Waals surface area contributed by atoms with Crippen LogP contribution < -0.4 is 10.6 Å². The van der Waals surface area contributed by atoms with Crippen molar-refractivity contribution in [3.8, 4) is 11.4 Å². The molecule has 0 aliphatic heterocycles. The number of carbonyl (C=O) groups excluding carboxylic acids is 1. The quantitative estimate of drug-likeness (QED) is 0.338. The monoisotopic (exact) mass is 489 g/mol. The molecule has 184 valence electrons. The summed E-state index contributed by atoms with van der Waals surface area (Å²) in [6.07, 6.45) is 6.80. The highest BCUT2D eigenvalue weighted by Crippen LogP contribution is 2.68. The highest BCUT2D eigenvalue weighted by molar-refractivity contribution is 5.95. The van der Waals surface area contributed by atoms with Gasteiger partial charge in [0.2, 0.25) is 0 Å². The number of aromatic nitrogens is 5. The van der Waals surface area contributed by atoms with Crippen molar-refractivity contribution < 1.29 is 19.1 Å². The van der Waals surface area contributed by atoms with Crippen molar-refractivity contribution in [3.05, 3.63) is 42.1 Å². The summed E-state index contributed by atoms with van der Waals surface area (Å²) in [4.78, 5) is 36.9. The lowest BCUT2D eigenvalue weighted by molar-refractivity contribution is -0.182. The van der Waals surface area contributed by atoms with Gasteiger partial charge in [-0.2, -0.15) is 0 Å². The van der Waals surface area contributed by atoms with Crippen molar-refractivity contribution in [2.75, 3.05) is 12.4 Å². The van der Waals surface area contributed by atoms with Gasteiger partial charge in [0, 0.05) is 30.2 Å². The molecule has 0 aromatic carbocycles. The first-order chi connectivity index (χ1) is 17.4.